The molecule has 0 aliphatic carbocycles. The van der Waals surface area contributed by atoms with E-state index in [-0.39, 0.29) is 6.61 Å². The molecular weight excluding hydrogens is 260 g/mol. The molecule has 0 unspecified atom stereocenters. The van der Waals surface area contributed by atoms with E-state index in [2.05, 4.69) is 41.1 Å². The first-order valence-corrected chi connectivity index (χ1v) is 6.99. The molecule has 2 aromatic carbocycles. The van der Waals surface area contributed by atoms with E-state index >= 15 is 0 Å². The molecule has 3 rings (SSSR count). The Balaban J connectivity index is 2.18. The van der Waals surface area contributed by atoms with E-state index in [1.54, 1.807) is 0 Å². The summed E-state index contributed by atoms with van der Waals surface area (Å²) in [5, 5.41) is 11.6. The molecule has 0 fully saturated rings. The summed E-state index contributed by atoms with van der Waals surface area (Å²) < 4.78 is 0. The normalized spacial score (nSPS) is 10.8. The first-order chi connectivity index (χ1) is 10.2. The van der Waals surface area contributed by atoms with E-state index in [9.17, 15) is 5.11 Å². The van der Waals surface area contributed by atoms with Crippen LogP contribution >= 0.6 is 0 Å². The fraction of sp³-hybridized carbons (Fsp3) is 0.167. The average molecular weight is 278 g/mol. The number of aromatic nitrogens is 1. The van der Waals surface area contributed by atoms with Crippen molar-refractivity contribution in [1.29, 1.82) is 0 Å². The molecule has 0 aliphatic rings. The molecule has 106 valence electrons. The zero-order valence-corrected chi connectivity index (χ0v) is 12.2. The molecule has 3 heteroatoms. The van der Waals surface area contributed by atoms with Crippen LogP contribution in [-0.2, 0) is 6.61 Å². The zero-order chi connectivity index (χ0) is 14.8. The molecule has 0 amide bonds. The number of hydrogen-bond donors (Lipinski definition) is 1. The largest absolute Gasteiger partial charge is 0.390 e. The molecule has 0 radical (unpaired) electrons. The standard InChI is InChI=1S/C18H18N2O/c1-13-6-5-8-16(10-13)20(2)18-17-9-4-3-7-14(17)11-15(12-21)19-18/h3-11,21H,12H2,1-2H3. The van der Waals surface area contributed by atoms with Gasteiger partial charge in [0.15, 0.2) is 0 Å². The van der Waals surface area contributed by atoms with E-state index < -0.39 is 0 Å². The SMILES string of the molecule is Cc1cccc(N(C)c2nc(CO)cc3ccccc23)c1. The maximum absolute atomic E-state index is 9.44. The van der Waals surface area contributed by atoms with E-state index in [0.717, 1.165) is 22.3 Å². The van der Waals surface area contributed by atoms with E-state index in [0.29, 0.717) is 5.69 Å². The van der Waals surface area contributed by atoms with Gasteiger partial charge in [-0.05, 0) is 36.1 Å². The van der Waals surface area contributed by atoms with Crippen LogP contribution in [0.3, 0.4) is 0 Å². The maximum Gasteiger partial charge on any atom is 0.141 e. The summed E-state index contributed by atoms with van der Waals surface area (Å²) in [4.78, 5) is 6.67. The number of nitrogens with zero attached hydrogens (tertiary/aromatic N) is 2. The second kappa shape index (κ2) is 5.54. The van der Waals surface area contributed by atoms with E-state index in [4.69, 9.17) is 0 Å². The highest BCUT2D eigenvalue weighted by Gasteiger charge is 2.11. The number of pyridine rings is 1. The van der Waals surface area contributed by atoms with Crippen molar-refractivity contribution in [2.24, 2.45) is 0 Å². The molecule has 3 aromatic rings. The van der Waals surface area contributed by atoms with Crippen LogP contribution in [0.25, 0.3) is 10.8 Å². The summed E-state index contributed by atoms with van der Waals surface area (Å²) in [6.45, 7) is 2.02. The number of aliphatic hydroxyl groups is 1. The van der Waals surface area contributed by atoms with Gasteiger partial charge in [0, 0.05) is 18.1 Å². The van der Waals surface area contributed by atoms with Crippen molar-refractivity contribution < 1.29 is 5.11 Å². The molecular formula is C18H18N2O. The Hall–Kier alpha value is -2.39. The van der Waals surface area contributed by atoms with Crippen molar-refractivity contribution in [3.8, 4) is 0 Å². The highest BCUT2D eigenvalue weighted by Crippen LogP contribution is 2.30. The van der Waals surface area contributed by atoms with Gasteiger partial charge in [0.2, 0.25) is 0 Å². The van der Waals surface area contributed by atoms with Crippen LogP contribution < -0.4 is 4.90 Å². The highest BCUT2D eigenvalue weighted by molar-refractivity contribution is 5.94. The van der Waals surface area contributed by atoms with Crippen molar-refractivity contribution in [2.75, 3.05) is 11.9 Å². The van der Waals surface area contributed by atoms with Gasteiger partial charge in [-0.25, -0.2) is 4.98 Å². The Kier molecular flexibility index (Phi) is 3.59. The number of anilines is 2. The molecule has 3 nitrogen and oxygen atoms in total. The molecule has 0 saturated carbocycles. The van der Waals surface area contributed by atoms with Crippen molar-refractivity contribution >= 4 is 22.3 Å². The van der Waals surface area contributed by atoms with Crippen LogP contribution in [0.5, 0.6) is 0 Å². The summed E-state index contributed by atoms with van der Waals surface area (Å²) in [6.07, 6.45) is 0. The van der Waals surface area contributed by atoms with Crippen molar-refractivity contribution in [3.05, 3.63) is 65.9 Å². The predicted molar refractivity (Wildman–Crippen MR) is 86.9 cm³/mol. The Morgan fingerprint density at radius 2 is 1.86 bits per heavy atom. The summed E-state index contributed by atoms with van der Waals surface area (Å²) in [7, 11) is 2.00. The monoisotopic (exact) mass is 278 g/mol. The Bertz CT molecular complexity index is 783. The lowest BCUT2D eigenvalue weighted by atomic mass is 10.1. The number of benzene rings is 2. The van der Waals surface area contributed by atoms with Crippen molar-refractivity contribution in [2.45, 2.75) is 13.5 Å². The topological polar surface area (TPSA) is 36.4 Å². The van der Waals surface area contributed by atoms with Crippen LogP contribution in [-0.4, -0.2) is 17.1 Å². The summed E-state index contributed by atoms with van der Waals surface area (Å²) in [6, 6.07) is 18.4. The Labute approximate surface area is 124 Å². The lowest BCUT2D eigenvalue weighted by Crippen LogP contribution is -2.13. The molecule has 21 heavy (non-hydrogen) atoms. The second-order valence-electron chi connectivity index (χ2n) is 5.21. The van der Waals surface area contributed by atoms with Gasteiger partial charge in [-0.3, -0.25) is 0 Å². The maximum atomic E-state index is 9.44. The Morgan fingerprint density at radius 1 is 1.05 bits per heavy atom. The number of aliphatic hydroxyl groups excluding tert-OH is 1. The lowest BCUT2D eigenvalue weighted by Gasteiger charge is -2.21. The van der Waals surface area contributed by atoms with E-state index in [1.165, 1.54) is 5.56 Å². The van der Waals surface area contributed by atoms with Crippen molar-refractivity contribution in [1.82, 2.24) is 4.98 Å². The van der Waals surface area contributed by atoms with Crippen LogP contribution in [0.4, 0.5) is 11.5 Å². The predicted octanol–water partition coefficient (Wildman–Crippen LogP) is 3.80. The summed E-state index contributed by atoms with van der Waals surface area (Å²) >= 11 is 0. The van der Waals surface area contributed by atoms with Crippen LogP contribution in [0, 0.1) is 6.92 Å². The molecule has 1 aromatic heterocycles. The van der Waals surface area contributed by atoms with Gasteiger partial charge in [0.1, 0.15) is 5.82 Å². The fourth-order valence-corrected chi connectivity index (χ4v) is 2.53. The lowest BCUT2D eigenvalue weighted by molar-refractivity contribution is 0.277. The van der Waals surface area contributed by atoms with Gasteiger partial charge in [-0.15, -0.1) is 0 Å². The second-order valence-corrected chi connectivity index (χ2v) is 5.21. The minimum absolute atomic E-state index is 0.0561. The molecule has 0 spiro atoms. The molecule has 0 saturated heterocycles. The Morgan fingerprint density at radius 3 is 2.62 bits per heavy atom. The molecule has 0 atom stereocenters. The van der Waals surface area contributed by atoms with Gasteiger partial charge in [0.05, 0.1) is 12.3 Å². The minimum Gasteiger partial charge on any atom is -0.390 e. The molecule has 0 bridgehead atoms. The fourth-order valence-electron chi connectivity index (χ4n) is 2.53. The number of fused-ring (bicyclic) bond motifs is 1. The van der Waals surface area contributed by atoms with Gasteiger partial charge in [0.25, 0.3) is 0 Å². The van der Waals surface area contributed by atoms with Crippen molar-refractivity contribution in [3.63, 3.8) is 0 Å². The number of rotatable bonds is 3. The van der Waals surface area contributed by atoms with Gasteiger partial charge < -0.3 is 10.0 Å². The first kappa shape index (κ1) is 13.6. The minimum atomic E-state index is -0.0561. The highest BCUT2D eigenvalue weighted by atomic mass is 16.3. The summed E-state index contributed by atoms with van der Waals surface area (Å²) in [5.74, 6) is 0.864. The first-order valence-electron chi connectivity index (χ1n) is 6.99. The zero-order valence-electron chi connectivity index (χ0n) is 12.2. The summed E-state index contributed by atoms with van der Waals surface area (Å²) in [5.41, 5.74) is 2.98. The number of aryl methyl sites for hydroxylation is 1. The van der Waals surface area contributed by atoms with Gasteiger partial charge in [-0.1, -0.05) is 36.4 Å². The smallest absolute Gasteiger partial charge is 0.141 e. The van der Waals surface area contributed by atoms with Crippen LogP contribution in [0.15, 0.2) is 54.6 Å². The van der Waals surface area contributed by atoms with Crippen LogP contribution in [0.1, 0.15) is 11.3 Å². The number of hydrogen-bond acceptors (Lipinski definition) is 3. The van der Waals surface area contributed by atoms with Gasteiger partial charge >= 0.3 is 0 Å². The molecule has 0 aliphatic heterocycles. The van der Waals surface area contributed by atoms with E-state index in [1.807, 2.05) is 37.4 Å². The van der Waals surface area contributed by atoms with Gasteiger partial charge in [-0.2, -0.15) is 0 Å². The average Bonchev–Trinajstić information content (AvgIpc) is 2.53. The molecule has 1 N–H and O–H groups in total. The van der Waals surface area contributed by atoms with Crippen LogP contribution in [0.2, 0.25) is 0 Å². The third-order valence-corrected chi connectivity index (χ3v) is 3.64. The molecule has 1 heterocycles. The third kappa shape index (κ3) is 2.60. The third-order valence-electron chi connectivity index (χ3n) is 3.64. The quantitative estimate of drug-likeness (QED) is 0.791.